The maximum Gasteiger partial charge on any atom is 0.251 e. The van der Waals surface area contributed by atoms with Gasteiger partial charge in [0.2, 0.25) is 0 Å². The Bertz CT molecular complexity index is 315. The lowest BCUT2D eigenvalue weighted by Crippen LogP contribution is -2.40. The molecule has 0 bridgehead atoms. The van der Waals surface area contributed by atoms with Gasteiger partial charge in [-0.1, -0.05) is 6.07 Å². The number of nitrogens with one attached hydrogen (secondary N) is 1. The molecular weight excluding hydrogens is 196 g/mol. The molecule has 0 unspecified atom stereocenters. The van der Waals surface area contributed by atoms with Gasteiger partial charge in [0.25, 0.3) is 5.91 Å². The number of benzene rings is 1. The van der Waals surface area contributed by atoms with Gasteiger partial charge in [0.15, 0.2) is 0 Å². The van der Waals surface area contributed by atoms with Crippen molar-refractivity contribution >= 4 is 23.4 Å². The number of amides is 1. The molecule has 0 fully saturated rings. The summed E-state index contributed by atoms with van der Waals surface area (Å²) in [5.41, 5.74) is 5.32. The molecule has 1 rings (SSSR count). The van der Waals surface area contributed by atoms with Crippen LogP contribution in [0.5, 0.6) is 0 Å². The average molecular weight is 211 g/mol. The second kappa shape index (κ2) is 5.67. The average Bonchev–Trinajstić information content (AvgIpc) is 2.18. The highest BCUT2D eigenvalue weighted by molar-refractivity contribution is 7.98. The first-order valence-electron chi connectivity index (χ1n) is 4.43. The predicted octanol–water partition coefficient (Wildman–Crippen LogP) is 0.653. The molecule has 0 aliphatic heterocycles. The van der Waals surface area contributed by atoms with Gasteiger partial charge in [-0.15, -0.1) is 0 Å². The van der Waals surface area contributed by atoms with Gasteiger partial charge in [0.05, 0.1) is 0 Å². The van der Waals surface area contributed by atoms with Crippen LogP contribution in [0.25, 0.3) is 0 Å². The molecule has 76 valence electrons. The predicted molar refractivity (Wildman–Crippen MR) is 59.7 cm³/mol. The van der Waals surface area contributed by atoms with Crippen molar-refractivity contribution in [3.05, 3.63) is 29.8 Å². The summed E-state index contributed by atoms with van der Waals surface area (Å²) in [7, 11) is 0. The highest BCUT2D eigenvalue weighted by atomic mass is 32.2. The number of quaternary nitrogens is 1. The van der Waals surface area contributed by atoms with Crippen LogP contribution < -0.4 is 11.1 Å². The minimum absolute atomic E-state index is 0.0236. The molecule has 14 heavy (non-hydrogen) atoms. The Morgan fingerprint density at radius 1 is 1.57 bits per heavy atom. The monoisotopic (exact) mass is 211 g/mol. The summed E-state index contributed by atoms with van der Waals surface area (Å²) in [6.45, 7) is 0.710. The molecule has 0 radical (unpaired) electrons. The Morgan fingerprint density at radius 3 is 3.00 bits per heavy atom. The third-order valence-corrected chi connectivity index (χ3v) is 2.39. The molecule has 0 atom stereocenters. The first-order valence-corrected chi connectivity index (χ1v) is 5.82. The fourth-order valence-corrected chi connectivity index (χ4v) is 1.39. The molecule has 0 saturated carbocycles. The zero-order valence-electron chi connectivity index (χ0n) is 8.25. The minimum atomic E-state index is -0.0236. The standard InChI is InChI=1S/C10H14N2OS/c1-14-6-5-12-10(13)8-3-2-4-9(11)7-8/h2-4,7H,5-6,11H2,1H3,(H,12,13)/p+1. The maximum atomic E-state index is 11.5. The Hall–Kier alpha value is -1.00. The van der Waals surface area contributed by atoms with Crippen LogP contribution in [0.3, 0.4) is 0 Å². The van der Waals surface area contributed by atoms with Crippen molar-refractivity contribution in [3.8, 4) is 0 Å². The van der Waals surface area contributed by atoms with E-state index in [0.717, 1.165) is 11.4 Å². The number of carbonyl (C=O) groups excluding carboxylic acids is 1. The van der Waals surface area contributed by atoms with Crippen LogP contribution in [0.4, 0.5) is 5.69 Å². The molecule has 1 amide bonds. The second-order valence-corrected chi connectivity index (χ2v) is 3.93. The molecule has 0 aliphatic carbocycles. The van der Waals surface area contributed by atoms with Gasteiger partial charge in [-0.25, -0.2) is 0 Å². The Balaban J connectivity index is 2.52. The van der Waals surface area contributed by atoms with Crippen molar-refractivity contribution in [2.24, 2.45) is 0 Å². The number of hydrogen-bond acceptors (Lipinski definition) is 2. The van der Waals surface area contributed by atoms with Crippen LogP contribution >= 0.6 is 11.8 Å². The summed E-state index contributed by atoms with van der Waals surface area (Å²) in [6, 6.07) is 7.29. The summed E-state index contributed by atoms with van der Waals surface area (Å²) in [6.07, 6.45) is 2.02. The summed E-state index contributed by atoms with van der Waals surface area (Å²) in [4.78, 5) is 11.5. The molecule has 4 heteroatoms. The molecule has 0 saturated heterocycles. The van der Waals surface area contributed by atoms with Gasteiger partial charge in [-0.05, 0) is 18.4 Å². The minimum Gasteiger partial charge on any atom is -0.351 e. The Morgan fingerprint density at radius 2 is 2.36 bits per heavy atom. The van der Waals surface area contributed by atoms with E-state index in [1.807, 2.05) is 18.4 Å². The van der Waals surface area contributed by atoms with Crippen LogP contribution in [0.1, 0.15) is 10.4 Å². The fourth-order valence-electron chi connectivity index (χ4n) is 1.08. The van der Waals surface area contributed by atoms with Crippen molar-refractivity contribution in [2.45, 2.75) is 0 Å². The Labute approximate surface area is 88.1 Å². The summed E-state index contributed by atoms with van der Waals surface area (Å²) in [5, 5.41) is 2.84. The zero-order chi connectivity index (χ0) is 10.4. The van der Waals surface area contributed by atoms with Crippen molar-refractivity contribution in [2.75, 3.05) is 18.6 Å². The van der Waals surface area contributed by atoms with Gasteiger partial charge in [-0.2, -0.15) is 11.8 Å². The number of hydrogen-bond donors (Lipinski definition) is 2. The van der Waals surface area contributed by atoms with E-state index in [4.69, 9.17) is 0 Å². The summed E-state index contributed by atoms with van der Waals surface area (Å²) < 4.78 is 0. The smallest absolute Gasteiger partial charge is 0.251 e. The molecule has 0 aromatic heterocycles. The third-order valence-electron chi connectivity index (χ3n) is 1.78. The van der Waals surface area contributed by atoms with Gasteiger partial charge in [-0.3, -0.25) is 4.79 Å². The highest BCUT2D eigenvalue weighted by Crippen LogP contribution is 2.04. The van der Waals surface area contributed by atoms with Crippen LogP contribution in [-0.4, -0.2) is 24.5 Å². The topological polar surface area (TPSA) is 56.7 Å². The normalized spacial score (nSPS) is 9.86. The van der Waals surface area contributed by atoms with Gasteiger partial charge in [0.1, 0.15) is 5.69 Å². The summed E-state index contributed by atoms with van der Waals surface area (Å²) >= 11 is 1.71. The maximum absolute atomic E-state index is 11.5. The van der Waals surface area contributed by atoms with Gasteiger partial charge < -0.3 is 11.1 Å². The first kappa shape index (κ1) is 11.1. The molecule has 4 N–H and O–H groups in total. The molecule has 3 nitrogen and oxygen atoms in total. The second-order valence-electron chi connectivity index (χ2n) is 2.95. The van der Waals surface area contributed by atoms with E-state index in [2.05, 4.69) is 11.1 Å². The lowest BCUT2D eigenvalue weighted by atomic mass is 10.2. The number of rotatable bonds is 4. The van der Waals surface area contributed by atoms with E-state index in [0.29, 0.717) is 12.1 Å². The van der Waals surface area contributed by atoms with Crippen molar-refractivity contribution in [3.63, 3.8) is 0 Å². The first-order chi connectivity index (χ1) is 6.74. The molecule has 1 aromatic carbocycles. The lowest BCUT2D eigenvalue weighted by Gasteiger charge is -2.03. The van der Waals surface area contributed by atoms with E-state index >= 15 is 0 Å². The largest absolute Gasteiger partial charge is 0.351 e. The third kappa shape index (κ3) is 3.40. The molecule has 0 spiro atoms. The quantitative estimate of drug-likeness (QED) is 0.719. The SMILES string of the molecule is CSCCNC(=O)c1cccc([NH3+])c1. The van der Waals surface area contributed by atoms with Gasteiger partial charge >= 0.3 is 0 Å². The molecule has 1 aromatic rings. The van der Waals surface area contributed by atoms with Crippen LogP contribution in [0, 0.1) is 0 Å². The van der Waals surface area contributed by atoms with E-state index < -0.39 is 0 Å². The van der Waals surface area contributed by atoms with Crippen molar-refractivity contribution in [1.82, 2.24) is 5.32 Å². The van der Waals surface area contributed by atoms with Crippen molar-refractivity contribution in [1.29, 1.82) is 0 Å². The van der Waals surface area contributed by atoms with Gasteiger partial charge in [0, 0.05) is 23.9 Å². The molecular formula is C10H15N2OS+. The highest BCUT2D eigenvalue weighted by Gasteiger charge is 2.04. The van der Waals surface area contributed by atoms with E-state index in [-0.39, 0.29) is 5.91 Å². The summed E-state index contributed by atoms with van der Waals surface area (Å²) in [5.74, 6) is 0.917. The molecule has 0 heterocycles. The zero-order valence-corrected chi connectivity index (χ0v) is 9.06. The number of thioether (sulfide) groups is 1. The number of carbonyl (C=O) groups is 1. The van der Waals surface area contributed by atoms with Crippen LogP contribution in [0.15, 0.2) is 24.3 Å². The van der Waals surface area contributed by atoms with Crippen molar-refractivity contribution < 1.29 is 10.5 Å². The van der Waals surface area contributed by atoms with E-state index in [1.54, 1.807) is 23.9 Å². The van der Waals surface area contributed by atoms with Crippen LogP contribution in [-0.2, 0) is 0 Å². The lowest BCUT2D eigenvalue weighted by molar-refractivity contribution is -0.254. The molecule has 0 aliphatic rings. The van der Waals surface area contributed by atoms with E-state index in [1.165, 1.54) is 0 Å². The fraction of sp³-hybridized carbons (Fsp3) is 0.300. The van der Waals surface area contributed by atoms with E-state index in [9.17, 15) is 4.79 Å². The van der Waals surface area contributed by atoms with Crippen LogP contribution in [0.2, 0.25) is 0 Å². The Kier molecular flexibility index (Phi) is 4.49.